The Morgan fingerprint density at radius 2 is 0.841 bits per heavy atom. The molecule has 0 atom stereocenters. The van der Waals surface area contributed by atoms with Crippen LogP contribution >= 0.6 is 0 Å². The van der Waals surface area contributed by atoms with Gasteiger partial charge in [0.15, 0.2) is 17.5 Å². The summed E-state index contributed by atoms with van der Waals surface area (Å²) in [5, 5.41) is 0. The zero-order valence-electron chi connectivity index (χ0n) is 36.2. The molecule has 2 heterocycles. The smallest absolute Gasteiger partial charge is 0.165 e. The molecule has 9 aromatic rings. The molecule has 0 bridgehead atoms. The Kier molecular flexibility index (Phi) is 9.82. The number of benzene rings is 7. The number of nitrogens with zero attached hydrogens (tertiary/aromatic N) is 4. The van der Waals surface area contributed by atoms with Gasteiger partial charge in [-0.25, -0.2) is 15.0 Å². The standard InChI is InChI=1S/C58H45N4.Ir/c1-35-29-36(2)31-42(30-35)44-14-8-7-13-43(44)37-19-21-38(22-20-37)53-28-25-41(34-59-53)56-61-54(39-23-26-51-47(32-39)45-15-9-11-17-49(45)57(51,3)4)60-55(62-56)40-24-27-52-48(33-40)46-16-10-12-18-50(46)58(52,5)6;/h7-21,23-34H,1-6H3;/q-1;. The zero-order chi connectivity index (χ0) is 42.3. The molecule has 5 heteroatoms. The summed E-state index contributed by atoms with van der Waals surface area (Å²) in [5.74, 6) is 1.84. The molecule has 0 amide bonds. The van der Waals surface area contributed by atoms with E-state index >= 15 is 0 Å². The molecule has 0 saturated carbocycles. The summed E-state index contributed by atoms with van der Waals surface area (Å²) in [6.45, 7) is 13.5. The van der Waals surface area contributed by atoms with E-state index < -0.39 is 0 Å². The van der Waals surface area contributed by atoms with E-state index in [2.05, 4.69) is 199 Å². The Labute approximate surface area is 383 Å². The molecule has 2 aromatic heterocycles. The van der Waals surface area contributed by atoms with Gasteiger partial charge in [0.2, 0.25) is 0 Å². The van der Waals surface area contributed by atoms with Gasteiger partial charge in [0.25, 0.3) is 0 Å². The second kappa shape index (κ2) is 15.3. The van der Waals surface area contributed by atoms with E-state index in [-0.39, 0.29) is 30.9 Å². The minimum Gasteiger partial charge on any atom is -0.304 e. The van der Waals surface area contributed by atoms with E-state index in [0.29, 0.717) is 17.5 Å². The number of pyridine rings is 1. The maximum atomic E-state index is 5.22. The van der Waals surface area contributed by atoms with E-state index in [1.54, 1.807) is 0 Å². The number of aryl methyl sites for hydroxylation is 2. The third kappa shape index (κ3) is 6.79. The summed E-state index contributed by atoms with van der Waals surface area (Å²) in [4.78, 5) is 20.5. The molecule has 4 nitrogen and oxygen atoms in total. The zero-order valence-corrected chi connectivity index (χ0v) is 38.6. The first-order valence-corrected chi connectivity index (χ1v) is 21.5. The second-order valence-electron chi connectivity index (χ2n) is 18.0. The molecule has 7 aromatic carbocycles. The minimum atomic E-state index is -0.0927. The van der Waals surface area contributed by atoms with Crippen molar-refractivity contribution in [3.8, 4) is 89.9 Å². The van der Waals surface area contributed by atoms with E-state index in [9.17, 15) is 0 Å². The molecule has 0 fully saturated rings. The molecule has 1 radical (unpaired) electrons. The second-order valence-corrected chi connectivity index (χ2v) is 18.0. The van der Waals surface area contributed by atoms with Gasteiger partial charge >= 0.3 is 0 Å². The fourth-order valence-electron chi connectivity index (χ4n) is 10.0. The predicted octanol–water partition coefficient (Wildman–Crippen LogP) is 14.3. The van der Waals surface area contributed by atoms with Gasteiger partial charge in [-0.05, 0) is 87.3 Å². The largest absolute Gasteiger partial charge is 0.304 e. The van der Waals surface area contributed by atoms with Gasteiger partial charge in [0.1, 0.15) is 0 Å². The average Bonchev–Trinajstić information content (AvgIpc) is 3.67. The van der Waals surface area contributed by atoms with Gasteiger partial charge in [-0.15, -0.1) is 29.8 Å². The van der Waals surface area contributed by atoms with Crippen molar-refractivity contribution in [3.05, 3.63) is 203 Å². The van der Waals surface area contributed by atoms with Crippen LogP contribution in [0.3, 0.4) is 0 Å². The van der Waals surface area contributed by atoms with Crippen LogP contribution in [0.15, 0.2) is 164 Å². The van der Waals surface area contributed by atoms with Crippen molar-refractivity contribution in [2.75, 3.05) is 0 Å². The first kappa shape index (κ1) is 40.4. The summed E-state index contributed by atoms with van der Waals surface area (Å²) in [5.41, 5.74) is 21.8. The maximum absolute atomic E-state index is 5.22. The van der Waals surface area contributed by atoms with Gasteiger partial charge in [-0.1, -0.05) is 177 Å². The van der Waals surface area contributed by atoms with Crippen LogP contribution in [0, 0.1) is 19.9 Å². The van der Waals surface area contributed by atoms with Gasteiger partial charge in [0, 0.05) is 53.8 Å². The number of fused-ring (bicyclic) bond motifs is 6. The van der Waals surface area contributed by atoms with Crippen LogP contribution in [0.2, 0.25) is 0 Å². The van der Waals surface area contributed by atoms with Crippen LogP contribution < -0.4 is 0 Å². The number of hydrogen-bond donors (Lipinski definition) is 0. The van der Waals surface area contributed by atoms with Crippen molar-refractivity contribution in [2.45, 2.75) is 52.4 Å². The SMILES string of the molecule is Cc1cc(C)cc(-c2ccccc2-c2c[c-]c(-c3ccc(-c4nc(-c5ccc6c(c5)-c5ccccc5C6(C)C)nc(-c5ccc6c(c5)-c5ccccc5C6(C)C)n4)cn3)cc2)c1.[Ir]. The Bertz CT molecular complexity index is 3110. The molecule has 2 aliphatic carbocycles. The van der Waals surface area contributed by atoms with Crippen LogP contribution in [-0.2, 0) is 30.9 Å². The molecule has 2 aliphatic rings. The molecule has 0 spiro atoms. The summed E-state index contributed by atoms with van der Waals surface area (Å²) in [6.07, 6.45) is 1.87. The van der Waals surface area contributed by atoms with Gasteiger partial charge in [-0.3, -0.25) is 0 Å². The molecule has 11 rings (SSSR count). The topological polar surface area (TPSA) is 51.6 Å². The van der Waals surface area contributed by atoms with Crippen molar-refractivity contribution in [1.29, 1.82) is 0 Å². The third-order valence-electron chi connectivity index (χ3n) is 13.2. The predicted molar refractivity (Wildman–Crippen MR) is 254 cm³/mol. The van der Waals surface area contributed by atoms with Crippen LogP contribution in [0.5, 0.6) is 0 Å². The van der Waals surface area contributed by atoms with Crippen molar-refractivity contribution in [2.24, 2.45) is 0 Å². The number of rotatable bonds is 6. The molecular weight excluding hydrogens is 945 g/mol. The van der Waals surface area contributed by atoms with E-state index in [1.807, 2.05) is 12.3 Å². The van der Waals surface area contributed by atoms with E-state index in [4.69, 9.17) is 19.9 Å². The Balaban J connectivity index is 0.00000471. The van der Waals surface area contributed by atoms with Crippen molar-refractivity contribution < 1.29 is 20.1 Å². The fourth-order valence-corrected chi connectivity index (χ4v) is 10.0. The minimum absolute atomic E-state index is 0. The summed E-state index contributed by atoms with van der Waals surface area (Å²) in [6, 6.07) is 60.1. The maximum Gasteiger partial charge on any atom is 0.165 e. The molecule has 0 N–H and O–H groups in total. The monoisotopic (exact) mass is 990 g/mol. The molecule has 63 heavy (non-hydrogen) atoms. The molecular formula is C58H45IrN4-. The normalized spacial score (nSPS) is 13.7. The van der Waals surface area contributed by atoms with Crippen molar-refractivity contribution in [1.82, 2.24) is 19.9 Å². The first-order chi connectivity index (χ1) is 30.0. The number of aromatic nitrogens is 4. The summed E-state index contributed by atoms with van der Waals surface area (Å²) < 4.78 is 0. The van der Waals surface area contributed by atoms with Crippen LogP contribution in [-0.4, -0.2) is 19.9 Å². The van der Waals surface area contributed by atoms with Crippen molar-refractivity contribution in [3.63, 3.8) is 0 Å². The summed E-state index contributed by atoms with van der Waals surface area (Å²) in [7, 11) is 0. The van der Waals surface area contributed by atoms with Crippen LogP contribution in [0.4, 0.5) is 0 Å². The van der Waals surface area contributed by atoms with Crippen LogP contribution in [0.1, 0.15) is 61.1 Å². The Morgan fingerprint density at radius 1 is 0.397 bits per heavy atom. The molecule has 0 unspecified atom stereocenters. The fraction of sp³-hybridized carbons (Fsp3) is 0.138. The van der Waals surface area contributed by atoms with Crippen molar-refractivity contribution >= 4 is 0 Å². The quantitative estimate of drug-likeness (QED) is 0.156. The van der Waals surface area contributed by atoms with E-state index in [0.717, 1.165) is 33.5 Å². The van der Waals surface area contributed by atoms with Gasteiger partial charge < -0.3 is 4.98 Å². The first-order valence-electron chi connectivity index (χ1n) is 21.5. The Hall–Kier alpha value is -6.65. The van der Waals surface area contributed by atoms with Gasteiger partial charge in [0.05, 0.1) is 0 Å². The van der Waals surface area contributed by atoms with Crippen LogP contribution in [0.25, 0.3) is 89.9 Å². The average molecular weight is 990 g/mol. The molecule has 0 aliphatic heterocycles. The van der Waals surface area contributed by atoms with E-state index in [1.165, 1.54) is 72.3 Å². The molecule has 307 valence electrons. The third-order valence-corrected chi connectivity index (χ3v) is 13.2. The Morgan fingerprint density at radius 3 is 1.33 bits per heavy atom. The number of hydrogen-bond acceptors (Lipinski definition) is 4. The molecule has 0 saturated heterocycles. The van der Waals surface area contributed by atoms with Gasteiger partial charge in [-0.2, -0.15) is 0 Å². The summed E-state index contributed by atoms with van der Waals surface area (Å²) >= 11 is 0.